The fraction of sp³-hybridized carbons (Fsp3) is 0.500. The first kappa shape index (κ1) is 21.3. The molecule has 0 unspecified atom stereocenters. The number of anilines is 1. The minimum Gasteiger partial charge on any atom is -0.378 e. The molecule has 0 spiro atoms. The van der Waals surface area contributed by atoms with E-state index in [-0.39, 0.29) is 6.04 Å². The van der Waals surface area contributed by atoms with Crippen LogP contribution < -0.4 is 9.62 Å². The number of sulfonamides is 1. The van der Waals surface area contributed by atoms with Crippen molar-refractivity contribution in [1.82, 2.24) is 14.5 Å². The van der Waals surface area contributed by atoms with Gasteiger partial charge in [0.25, 0.3) is 0 Å². The third kappa shape index (κ3) is 5.12. The molecule has 1 N–H and O–H groups in total. The van der Waals surface area contributed by atoms with Gasteiger partial charge in [-0.15, -0.1) is 11.3 Å². The van der Waals surface area contributed by atoms with Gasteiger partial charge >= 0.3 is 0 Å². The highest BCUT2D eigenvalue weighted by Crippen LogP contribution is 2.26. The van der Waals surface area contributed by atoms with E-state index in [1.54, 1.807) is 6.07 Å². The number of rotatable bonds is 7. The van der Waals surface area contributed by atoms with Crippen LogP contribution in [0.5, 0.6) is 0 Å². The van der Waals surface area contributed by atoms with Gasteiger partial charge in [0.05, 0.1) is 0 Å². The van der Waals surface area contributed by atoms with E-state index in [4.69, 9.17) is 0 Å². The Morgan fingerprint density at radius 3 is 2.25 bits per heavy atom. The molecule has 0 aliphatic carbocycles. The van der Waals surface area contributed by atoms with Gasteiger partial charge in [0.1, 0.15) is 4.21 Å². The Hall–Kier alpha value is -1.45. The summed E-state index contributed by atoms with van der Waals surface area (Å²) in [5.41, 5.74) is 2.27. The molecule has 1 aliphatic rings. The van der Waals surface area contributed by atoms with Gasteiger partial charge in [-0.1, -0.05) is 12.1 Å². The van der Waals surface area contributed by atoms with E-state index in [1.165, 1.54) is 11.3 Å². The van der Waals surface area contributed by atoms with Crippen LogP contribution in [0.1, 0.15) is 16.5 Å². The average molecular weight is 423 g/mol. The molecule has 28 heavy (non-hydrogen) atoms. The molecule has 8 heteroatoms. The first-order chi connectivity index (χ1) is 13.3. The fourth-order valence-corrected chi connectivity index (χ4v) is 5.77. The quantitative estimate of drug-likeness (QED) is 0.743. The van der Waals surface area contributed by atoms with Crippen molar-refractivity contribution in [1.29, 1.82) is 0 Å². The summed E-state index contributed by atoms with van der Waals surface area (Å²) in [6, 6.07) is 12.0. The summed E-state index contributed by atoms with van der Waals surface area (Å²) in [4.78, 5) is 7.75. The van der Waals surface area contributed by atoms with Crippen molar-refractivity contribution in [3.05, 3.63) is 46.8 Å². The van der Waals surface area contributed by atoms with Gasteiger partial charge in [0.2, 0.25) is 10.0 Å². The molecule has 0 amide bonds. The summed E-state index contributed by atoms with van der Waals surface area (Å²) in [6.07, 6.45) is 0. The molecule has 0 bridgehead atoms. The average Bonchev–Trinajstić information content (AvgIpc) is 3.11. The van der Waals surface area contributed by atoms with Crippen molar-refractivity contribution in [2.24, 2.45) is 0 Å². The van der Waals surface area contributed by atoms with Crippen molar-refractivity contribution in [2.45, 2.75) is 17.2 Å². The highest BCUT2D eigenvalue weighted by Gasteiger charge is 2.26. The molecule has 1 fully saturated rings. The standard InChI is InChI=1S/C20H30N4O2S2/c1-16-5-10-20(27-16)28(25,26)21-15-19(24-13-11-23(4)12-14-24)17-6-8-18(9-7-17)22(2)3/h5-10,19,21H,11-15H2,1-4H3/t19-/m1/s1. The van der Waals surface area contributed by atoms with E-state index in [0.717, 1.165) is 42.3 Å². The number of nitrogens with zero attached hydrogens (tertiary/aromatic N) is 3. The van der Waals surface area contributed by atoms with Crippen LogP contribution in [0.25, 0.3) is 0 Å². The smallest absolute Gasteiger partial charge is 0.250 e. The summed E-state index contributed by atoms with van der Waals surface area (Å²) >= 11 is 1.31. The Kier molecular flexibility index (Phi) is 6.77. The number of thiophene rings is 1. The summed E-state index contributed by atoms with van der Waals surface area (Å²) in [5, 5.41) is 0. The lowest BCUT2D eigenvalue weighted by molar-refractivity contribution is 0.113. The van der Waals surface area contributed by atoms with E-state index in [2.05, 4.69) is 50.7 Å². The van der Waals surface area contributed by atoms with Crippen molar-refractivity contribution in [2.75, 3.05) is 58.8 Å². The third-order valence-electron chi connectivity index (χ3n) is 5.22. The van der Waals surface area contributed by atoms with Crippen LogP contribution in [-0.4, -0.2) is 72.1 Å². The Labute approximate surface area is 172 Å². The maximum atomic E-state index is 12.7. The second-order valence-electron chi connectivity index (χ2n) is 7.56. The number of nitrogens with one attached hydrogen (secondary N) is 1. The molecule has 0 radical (unpaired) electrons. The van der Waals surface area contributed by atoms with Crippen LogP contribution in [0.4, 0.5) is 5.69 Å². The molecule has 2 heterocycles. The van der Waals surface area contributed by atoms with E-state index < -0.39 is 10.0 Å². The molecule has 1 aliphatic heterocycles. The lowest BCUT2D eigenvalue weighted by Gasteiger charge is -2.38. The second kappa shape index (κ2) is 8.92. The van der Waals surface area contributed by atoms with Crippen LogP contribution in [-0.2, 0) is 10.0 Å². The van der Waals surface area contributed by atoms with Gasteiger partial charge < -0.3 is 9.80 Å². The predicted molar refractivity (Wildman–Crippen MR) is 117 cm³/mol. The molecule has 154 valence electrons. The predicted octanol–water partition coefficient (Wildman–Crippen LogP) is 2.39. The summed E-state index contributed by atoms with van der Waals surface area (Å²) in [6.45, 7) is 6.12. The van der Waals surface area contributed by atoms with Crippen molar-refractivity contribution in [3.63, 3.8) is 0 Å². The molecular weight excluding hydrogens is 392 g/mol. The van der Waals surface area contributed by atoms with Gasteiger partial charge in [0.15, 0.2) is 0 Å². The number of piperazine rings is 1. The van der Waals surface area contributed by atoms with Gasteiger partial charge in [0, 0.05) is 63.4 Å². The highest BCUT2D eigenvalue weighted by atomic mass is 32.2. The fourth-order valence-electron chi connectivity index (χ4n) is 3.40. The number of benzene rings is 1. The largest absolute Gasteiger partial charge is 0.378 e. The monoisotopic (exact) mass is 422 g/mol. The highest BCUT2D eigenvalue weighted by molar-refractivity contribution is 7.91. The first-order valence-corrected chi connectivity index (χ1v) is 11.8. The summed E-state index contributed by atoms with van der Waals surface area (Å²) < 4.78 is 28.7. The zero-order valence-corrected chi connectivity index (χ0v) is 18.7. The number of aryl methyl sites for hydroxylation is 1. The minimum absolute atomic E-state index is 0.0146. The van der Waals surface area contributed by atoms with Crippen LogP contribution >= 0.6 is 11.3 Å². The Morgan fingerprint density at radius 1 is 1.07 bits per heavy atom. The summed E-state index contributed by atoms with van der Waals surface area (Å²) in [5.74, 6) is 0. The molecule has 6 nitrogen and oxygen atoms in total. The van der Waals surface area contributed by atoms with Gasteiger partial charge in [-0.05, 0) is 43.8 Å². The number of hydrogen-bond donors (Lipinski definition) is 1. The Bertz CT molecular complexity index is 870. The number of likely N-dealkylation sites (N-methyl/N-ethyl adjacent to an activating group) is 1. The molecule has 1 saturated heterocycles. The SMILES string of the molecule is Cc1ccc(S(=O)(=O)NC[C@H](c2ccc(N(C)C)cc2)N2CCN(C)CC2)s1. The molecule has 1 aromatic heterocycles. The zero-order chi connectivity index (χ0) is 20.3. The van der Waals surface area contributed by atoms with Crippen LogP contribution in [0, 0.1) is 6.92 Å². The third-order valence-corrected chi connectivity index (χ3v) is 8.14. The van der Waals surface area contributed by atoms with Crippen molar-refractivity contribution >= 4 is 27.0 Å². The molecule has 0 saturated carbocycles. The Balaban J connectivity index is 1.80. The molecular formula is C20H30N4O2S2. The molecule has 3 rings (SSSR count). The first-order valence-electron chi connectivity index (χ1n) is 9.52. The normalized spacial score (nSPS) is 17.6. The van der Waals surface area contributed by atoms with Crippen LogP contribution in [0.3, 0.4) is 0 Å². The van der Waals surface area contributed by atoms with Gasteiger partial charge in [-0.25, -0.2) is 13.1 Å². The molecule has 1 atom stereocenters. The van der Waals surface area contributed by atoms with Crippen molar-refractivity contribution < 1.29 is 8.42 Å². The van der Waals surface area contributed by atoms with Crippen LogP contribution in [0.2, 0.25) is 0 Å². The van der Waals surface area contributed by atoms with E-state index in [1.807, 2.05) is 27.1 Å². The minimum atomic E-state index is -3.49. The van der Waals surface area contributed by atoms with E-state index in [9.17, 15) is 8.42 Å². The maximum absolute atomic E-state index is 12.7. The molecule has 2 aromatic rings. The van der Waals surface area contributed by atoms with Gasteiger partial charge in [-0.3, -0.25) is 4.90 Å². The number of hydrogen-bond acceptors (Lipinski definition) is 6. The maximum Gasteiger partial charge on any atom is 0.250 e. The second-order valence-corrected chi connectivity index (χ2v) is 10.8. The van der Waals surface area contributed by atoms with E-state index >= 15 is 0 Å². The lowest BCUT2D eigenvalue weighted by Crippen LogP contribution is -2.48. The van der Waals surface area contributed by atoms with Crippen molar-refractivity contribution in [3.8, 4) is 0 Å². The zero-order valence-electron chi connectivity index (χ0n) is 17.1. The molecule has 1 aromatic carbocycles. The Morgan fingerprint density at radius 2 is 1.71 bits per heavy atom. The van der Waals surface area contributed by atoms with E-state index in [0.29, 0.717) is 10.8 Å². The summed E-state index contributed by atoms with van der Waals surface area (Å²) in [7, 11) is 2.67. The van der Waals surface area contributed by atoms with Crippen LogP contribution in [0.15, 0.2) is 40.6 Å². The van der Waals surface area contributed by atoms with Gasteiger partial charge in [-0.2, -0.15) is 0 Å². The topological polar surface area (TPSA) is 55.9 Å². The lowest BCUT2D eigenvalue weighted by atomic mass is 10.0.